The number of likely N-dealkylation sites (tertiary alicyclic amines) is 2. The van der Waals surface area contributed by atoms with Crippen LogP contribution in [0.5, 0.6) is 0 Å². The Kier molecular flexibility index (Phi) is 8.88. The number of hydrogen-bond donors (Lipinski definition) is 0. The number of nitrogens with zero attached hydrogens (tertiary/aromatic N) is 3. The summed E-state index contributed by atoms with van der Waals surface area (Å²) in [5.74, 6) is 0.110. The quantitative estimate of drug-likeness (QED) is 0.312. The van der Waals surface area contributed by atoms with Crippen LogP contribution in [0, 0.1) is 5.92 Å². The molecule has 1 aliphatic carbocycles. The Morgan fingerprint density at radius 3 is 2.18 bits per heavy atom. The number of hydroxylamine groups is 2. The molecule has 2 bridgehead atoms. The fraction of sp³-hybridized carbons (Fsp3) is 0.559. The van der Waals surface area contributed by atoms with Gasteiger partial charge in [0.25, 0.3) is 5.91 Å². The molecule has 2 aromatic carbocycles. The van der Waals surface area contributed by atoms with E-state index in [1.54, 1.807) is 25.8 Å². The van der Waals surface area contributed by atoms with Gasteiger partial charge in [0.1, 0.15) is 5.60 Å². The standard InChI is InChI=1S/C34H41Cl2N3O5/c1-34(2,3)43-33(42)44-39-20-26-18-27(39)19-38(26)31(40)22-11-9-21(10-12-22)24-16-29(35)28(30(36)17-24)15-23-13-14-37(32(23)41)25-7-5-4-6-8-25/h9-12,16-17,23,25-27H,4-8,13-15,18-20H2,1-3H3. The van der Waals surface area contributed by atoms with Crippen LogP contribution >= 0.6 is 23.2 Å². The average Bonchev–Trinajstić information content (AvgIpc) is 3.68. The van der Waals surface area contributed by atoms with Gasteiger partial charge in [-0.25, -0.2) is 4.79 Å². The average molecular weight is 643 g/mol. The van der Waals surface area contributed by atoms with Crippen LogP contribution in [-0.2, 0) is 20.8 Å². The third-order valence-corrected chi connectivity index (χ3v) is 10.1. The van der Waals surface area contributed by atoms with Crippen molar-refractivity contribution in [1.82, 2.24) is 14.9 Å². The summed E-state index contributed by atoms with van der Waals surface area (Å²) in [6.45, 7) is 7.14. The first kappa shape index (κ1) is 31.2. The Hall–Kier alpha value is -2.81. The summed E-state index contributed by atoms with van der Waals surface area (Å²) in [7, 11) is 0. The van der Waals surface area contributed by atoms with E-state index in [0.29, 0.717) is 41.2 Å². The molecule has 3 aliphatic heterocycles. The third kappa shape index (κ3) is 6.58. The molecule has 3 heterocycles. The van der Waals surface area contributed by atoms with E-state index >= 15 is 0 Å². The van der Waals surface area contributed by atoms with Crippen LogP contribution in [0.15, 0.2) is 36.4 Å². The molecule has 3 atom stereocenters. The molecule has 3 unspecified atom stereocenters. The molecule has 8 nitrogen and oxygen atoms in total. The van der Waals surface area contributed by atoms with E-state index in [0.717, 1.165) is 48.9 Å². The predicted molar refractivity (Wildman–Crippen MR) is 170 cm³/mol. The zero-order valence-corrected chi connectivity index (χ0v) is 27.2. The van der Waals surface area contributed by atoms with Gasteiger partial charge in [-0.1, -0.05) is 54.6 Å². The van der Waals surface area contributed by atoms with E-state index in [-0.39, 0.29) is 29.8 Å². The van der Waals surface area contributed by atoms with Gasteiger partial charge in [-0.2, -0.15) is 0 Å². The molecular formula is C34H41Cl2N3O5. The van der Waals surface area contributed by atoms with Crippen LogP contribution in [0.1, 0.15) is 81.6 Å². The number of carbonyl (C=O) groups is 3. The predicted octanol–water partition coefficient (Wildman–Crippen LogP) is 7.15. The monoisotopic (exact) mass is 641 g/mol. The van der Waals surface area contributed by atoms with E-state index in [1.807, 2.05) is 41.3 Å². The van der Waals surface area contributed by atoms with Crippen molar-refractivity contribution in [3.8, 4) is 11.1 Å². The van der Waals surface area contributed by atoms with Gasteiger partial charge in [0.05, 0.1) is 12.6 Å². The summed E-state index contributed by atoms with van der Waals surface area (Å²) in [6.07, 6.45) is 7.32. The smallest absolute Gasteiger partial charge is 0.427 e. The van der Waals surface area contributed by atoms with Crippen molar-refractivity contribution in [3.63, 3.8) is 0 Å². The zero-order valence-electron chi connectivity index (χ0n) is 25.7. The Labute approximate surface area is 269 Å². The largest absolute Gasteiger partial charge is 0.528 e. The highest BCUT2D eigenvalue weighted by atomic mass is 35.5. The molecule has 4 fully saturated rings. The van der Waals surface area contributed by atoms with Gasteiger partial charge in [0, 0.05) is 46.7 Å². The number of ether oxygens (including phenoxy) is 1. The summed E-state index contributed by atoms with van der Waals surface area (Å²) in [6, 6.07) is 11.6. The summed E-state index contributed by atoms with van der Waals surface area (Å²) in [4.78, 5) is 48.1. The van der Waals surface area contributed by atoms with Crippen LogP contribution in [0.3, 0.4) is 0 Å². The van der Waals surface area contributed by atoms with E-state index in [9.17, 15) is 14.4 Å². The molecular weight excluding hydrogens is 601 g/mol. The van der Waals surface area contributed by atoms with Crippen molar-refractivity contribution in [2.75, 3.05) is 19.6 Å². The molecule has 2 amide bonds. The summed E-state index contributed by atoms with van der Waals surface area (Å²) < 4.78 is 5.26. The number of hydrogen-bond acceptors (Lipinski definition) is 6. The summed E-state index contributed by atoms with van der Waals surface area (Å²) in [5, 5.41) is 2.75. The fourth-order valence-corrected chi connectivity index (χ4v) is 7.89. The zero-order chi connectivity index (χ0) is 31.2. The summed E-state index contributed by atoms with van der Waals surface area (Å²) in [5.41, 5.74) is 2.55. The molecule has 0 aromatic heterocycles. The maximum atomic E-state index is 13.4. The molecule has 44 heavy (non-hydrogen) atoms. The number of piperazine rings is 1. The first-order valence-electron chi connectivity index (χ1n) is 15.8. The molecule has 3 saturated heterocycles. The maximum Gasteiger partial charge on any atom is 0.528 e. The van der Waals surface area contributed by atoms with Crippen LogP contribution in [0.25, 0.3) is 11.1 Å². The SMILES string of the molecule is CC(C)(C)OC(=O)ON1CC2CC1CN2C(=O)c1ccc(-c2cc(Cl)c(CC3CCN(C4CCCCC4)C3=O)c(Cl)c2)cc1. The highest BCUT2D eigenvalue weighted by Gasteiger charge is 2.47. The lowest BCUT2D eigenvalue weighted by atomic mass is 9.93. The second-order valence-corrected chi connectivity index (χ2v) is 14.5. The first-order valence-corrected chi connectivity index (χ1v) is 16.6. The van der Waals surface area contributed by atoms with Crippen molar-refractivity contribution in [2.45, 2.75) is 95.9 Å². The van der Waals surface area contributed by atoms with Crippen molar-refractivity contribution < 1.29 is 24.0 Å². The number of fused-ring (bicyclic) bond motifs is 2. The second kappa shape index (κ2) is 12.5. The van der Waals surface area contributed by atoms with Crippen LogP contribution < -0.4 is 0 Å². The van der Waals surface area contributed by atoms with Crippen LogP contribution in [-0.4, -0.2) is 76.2 Å². The Balaban J connectivity index is 1.06. The van der Waals surface area contributed by atoms with E-state index in [2.05, 4.69) is 4.90 Å². The normalized spacial score (nSPS) is 24.3. The van der Waals surface area contributed by atoms with Gasteiger partial charge in [-0.05, 0) is 93.8 Å². The Morgan fingerprint density at radius 2 is 1.57 bits per heavy atom. The van der Waals surface area contributed by atoms with Gasteiger partial charge in [-0.15, -0.1) is 5.06 Å². The molecule has 236 valence electrons. The van der Waals surface area contributed by atoms with E-state index in [1.165, 1.54) is 19.3 Å². The molecule has 0 N–H and O–H groups in total. The van der Waals surface area contributed by atoms with Gasteiger partial charge >= 0.3 is 6.16 Å². The van der Waals surface area contributed by atoms with Crippen LogP contribution in [0.2, 0.25) is 10.0 Å². The van der Waals surface area contributed by atoms with Crippen LogP contribution in [0.4, 0.5) is 4.79 Å². The lowest BCUT2D eigenvalue weighted by molar-refractivity contribution is -0.161. The molecule has 10 heteroatoms. The Bertz CT molecular complexity index is 1400. The molecule has 4 aliphatic rings. The maximum absolute atomic E-state index is 13.4. The highest BCUT2D eigenvalue weighted by Crippen LogP contribution is 2.37. The van der Waals surface area contributed by atoms with Gasteiger partial charge in [-0.3, -0.25) is 9.59 Å². The fourth-order valence-electron chi connectivity index (χ4n) is 7.25. The minimum Gasteiger partial charge on any atom is -0.427 e. The number of benzene rings is 2. The molecule has 0 radical (unpaired) electrons. The minimum absolute atomic E-state index is 0.0266. The number of carbonyl (C=O) groups excluding carboxylic acids is 3. The van der Waals surface area contributed by atoms with Gasteiger partial charge in [0.2, 0.25) is 5.91 Å². The number of amides is 2. The molecule has 0 spiro atoms. The highest BCUT2D eigenvalue weighted by molar-refractivity contribution is 6.36. The van der Waals surface area contributed by atoms with Gasteiger partial charge < -0.3 is 19.4 Å². The second-order valence-electron chi connectivity index (χ2n) is 13.7. The van der Waals surface area contributed by atoms with E-state index < -0.39 is 11.8 Å². The minimum atomic E-state index is -0.722. The van der Waals surface area contributed by atoms with Gasteiger partial charge in [0.15, 0.2) is 0 Å². The van der Waals surface area contributed by atoms with Crippen molar-refractivity contribution >= 4 is 41.2 Å². The number of rotatable bonds is 6. The Morgan fingerprint density at radius 1 is 0.886 bits per heavy atom. The third-order valence-electron chi connectivity index (χ3n) is 9.46. The van der Waals surface area contributed by atoms with Crippen molar-refractivity contribution in [3.05, 3.63) is 57.6 Å². The number of halogens is 2. The molecule has 2 aromatic rings. The molecule has 1 saturated carbocycles. The van der Waals surface area contributed by atoms with Crippen molar-refractivity contribution in [1.29, 1.82) is 0 Å². The molecule has 6 rings (SSSR count). The lowest BCUT2D eigenvalue weighted by Crippen LogP contribution is -2.49. The summed E-state index contributed by atoms with van der Waals surface area (Å²) >= 11 is 13.5. The topological polar surface area (TPSA) is 79.4 Å². The first-order chi connectivity index (χ1) is 21.0. The lowest BCUT2D eigenvalue weighted by Gasteiger charge is -2.33. The van der Waals surface area contributed by atoms with E-state index in [4.69, 9.17) is 32.8 Å². The van der Waals surface area contributed by atoms with Crippen molar-refractivity contribution in [2.24, 2.45) is 5.92 Å².